The van der Waals surface area contributed by atoms with Crippen LogP contribution in [0.4, 0.5) is 0 Å². The summed E-state index contributed by atoms with van der Waals surface area (Å²) in [6.07, 6.45) is 0. The third kappa shape index (κ3) is 4.81. The van der Waals surface area contributed by atoms with Crippen molar-refractivity contribution in [3.63, 3.8) is 0 Å². The summed E-state index contributed by atoms with van der Waals surface area (Å²) >= 11 is 0. The maximum Gasteiger partial charge on any atom is 0.238 e. The summed E-state index contributed by atoms with van der Waals surface area (Å²) in [7, 11) is 0. The molecule has 0 atom stereocenters. The van der Waals surface area contributed by atoms with E-state index in [0.29, 0.717) is 17.6 Å². The van der Waals surface area contributed by atoms with Crippen LogP contribution in [0.2, 0.25) is 0 Å². The summed E-state index contributed by atoms with van der Waals surface area (Å²) in [5.74, 6) is 1.67. The van der Waals surface area contributed by atoms with Gasteiger partial charge >= 0.3 is 0 Å². The van der Waals surface area contributed by atoms with Crippen molar-refractivity contribution in [3.05, 3.63) is 188 Å². The molecule has 0 aliphatic rings. The number of hydrogen-bond donors (Lipinski definition) is 0. The van der Waals surface area contributed by atoms with Crippen LogP contribution in [0.25, 0.3) is 111 Å². The largest absolute Gasteiger partial charge is 0.455 e. The van der Waals surface area contributed by atoms with E-state index in [4.69, 9.17) is 19.4 Å². The van der Waals surface area contributed by atoms with E-state index < -0.39 is 0 Å². The lowest BCUT2D eigenvalue weighted by Crippen LogP contribution is -2.07. The minimum atomic E-state index is 0.542. The van der Waals surface area contributed by atoms with Crippen LogP contribution in [0, 0.1) is 0 Å². The first kappa shape index (κ1) is 31.5. The molecule has 0 aliphatic heterocycles. The molecule has 0 fully saturated rings. The van der Waals surface area contributed by atoms with Crippen LogP contribution in [0.5, 0.6) is 0 Å². The molecule has 12 aromatic rings. The van der Waals surface area contributed by atoms with Crippen LogP contribution < -0.4 is 0 Å². The average molecular weight is 730 g/mol. The zero-order valence-corrected chi connectivity index (χ0v) is 30.5. The maximum atomic E-state index is 6.70. The fourth-order valence-corrected chi connectivity index (χ4v) is 8.67. The molecular weight excluding hydrogens is 699 g/mol. The topological polar surface area (TPSA) is 61.7 Å². The van der Waals surface area contributed by atoms with Gasteiger partial charge < -0.3 is 8.98 Å². The third-order valence-corrected chi connectivity index (χ3v) is 11.2. The van der Waals surface area contributed by atoms with Gasteiger partial charge in [0.1, 0.15) is 11.2 Å². The van der Waals surface area contributed by atoms with Crippen molar-refractivity contribution in [2.75, 3.05) is 0 Å². The summed E-state index contributed by atoms with van der Waals surface area (Å²) in [6.45, 7) is 0. The van der Waals surface area contributed by atoms with E-state index >= 15 is 0 Å². The number of rotatable bonds is 5. The first-order valence-corrected chi connectivity index (χ1v) is 19.1. The maximum absolute atomic E-state index is 6.70. The van der Waals surface area contributed by atoms with Gasteiger partial charge in [0.05, 0.1) is 27.8 Å². The van der Waals surface area contributed by atoms with Crippen molar-refractivity contribution in [2.45, 2.75) is 0 Å². The molecule has 12 rings (SSSR count). The molecule has 0 spiro atoms. The summed E-state index contributed by atoms with van der Waals surface area (Å²) in [5.41, 5.74) is 10.8. The summed E-state index contributed by atoms with van der Waals surface area (Å²) < 4.78 is 11.2. The second-order valence-electron chi connectivity index (χ2n) is 14.4. The average Bonchev–Trinajstić information content (AvgIpc) is 3.94. The third-order valence-electron chi connectivity index (χ3n) is 11.2. The Balaban J connectivity index is 1.12. The van der Waals surface area contributed by atoms with Crippen LogP contribution in [0.1, 0.15) is 0 Å². The molecule has 266 valence electrons. The predicted octanol–water partition coefficient (Wildman–Crippen LogP) is 13.0. The highest BCUT2D eigenvalue weighted by Gasteiger charge is 2.22. The van der Waals surface area contributed by atoms with Gasteiger partial charge in [-0.15, -0.1) is 0 Å². The van der Waals surface area contributed by atoms with Crippen molar-refractivity contribution in [1.29, 1.82) is 0 Å². The summed E-state index contributed by atoms with van der Waals surface area (Å²) in [5, 5.41) is 6.78. The number of fused-ring (bicyclic) bond motifs is 9. The van der Waals surface area contributed by atoms with Gasteiger partial charge in [0.25, 0.3) is 0 Å². The molecule has 0 saturated heterocycles. The highest BCUT2D eigenvalue weighted by Crippen LogP contribution is 2.39. The molecule has 0 unspecified atom stereocenters. The second kappa shape index (κ2) is 12.3. The molecule has 57 heavy (non-hydrogen) atoms. The SMILES string of the molecule is c1ccc(-c2cccc3c2oc2cc(-c4nc(-c5ccccc5-n5c6ccccc6c6ccccc65)nc(-n5c6ccccc6c6ccccc65)n4)ccc23)cc1. The van der Waals surface area contributed by atoms with Crippen LogP contribution in [0.3, 0.4) is 0 Å². The number of benzene rings is 8. The first-order valence-electron chi connectivity index (χ1n) is 19.1. The second-order valence-corrected chi connectivity index (χ2v) is 14.4. The number of para-hydroxylation sites is 6. The van der Waals surface area contributed by atoms with Gasteiger partial charge in [-0.25, -0.2) is 4.98 Å². The molecular formula is C51H31N5O. The molecule has 6 heteroatoms. The Morgan fingerprint density at radius 1 is 0.351 bits per heavy atom. The summed E-state index contributed by atoms with van der Waals surface area (Å²) in [4.78, 5) is 15.9. The molecule has 0 amide bonds. The molecule has 0 saturated carbocycles. The van der Waals surface area contributed by atoms with Gasteiger partial charge in [0, 0.05) is 49.0 Å². The zero-order chi connectivity index (χ0) is 37.5. The highest BCUT2D eigenvalue weighted by molar-refractivity contribution is 6.12. The van der Waals surface area contributed by atoms with Gasteiger partial charge in [-0.05, 0) is 54.1 Å². The quantitative estimate of drug-likeness (QED) is 0.177. The molecule has 6 nitrogen and oxygen atoms in total. The van der Waals surface area contributed by atoms with Crippen LogP contribution in [-0.2, 0) is 0 Å². The van der Waals surface area contributed by atoms with Gasteiger partial charge in [0.15, 0.2) is 11.6 Å². The monoisotopic (exact) mass is 729 g/mol. The first-order chi connectivity index (χ1) is 28.3. The number of hydrogen-bond acceptors (Lipinski definition) is 4. The van der Waals surface area contributed by atoms with E-state index in [1.807, 2.05) is 6.07 Å². The highest BCUT2D eigenvalue weighted by atomic mass is 16.3. The Hall–Kier alpha value is -7.83. The molecule has 0 N–H and O–H groups in total. The van der Waals surface area contributed by atoms with Crippen molar-refractivity contribution in [1.82, 2.24) is 24.1 Å². The zero-order valence-electron chi connectivity index (χ0n) is 30.5. The Morgan fingerprint density at radius 3 is 1.54 bits per heavy atom. The van der Waals surface area contributed by atoms with Crippen molar-refractivity contribution in [2.24, 2.45) is 0 Å². The standard InChI is InChI=1S/C51H31N5O/c1-2-15-32(16-3-1)34-22-14-23-40-39-30-29-33(31-47(39)57-48(34)40)49-52-50(54-51(53-49)56-44-26-11-6-19-37(44)38-20-7-12-27-45(38)56)41-21-8-13-28-46(41)55-42-24-9-4-17-35(42)36-18-5-10-25-43(36)55/h1-31H. The lowest BCUT2D eigenvalue weighted by molar-refractivity contribution is 0.670. The van der Waals surface area contributed by atoms with Crippen molar-refractivity contribution >= 4 is 65.6 Å². The Bertz CT molecular complexity index is 3430. The Morgan fingerprint density at radius 2 is 0.877 bits per heavy atom. The van der Waals surface area contributed by atoms with Gasteiger partial charge in [-0.2, -0.15) is 9.97 Å². The molecule has 0 aliphatic carbocycles. The normalized spacial score (nSPS) is 11.9. The molecule has 4 heterocycles. The number of furan rings is 1. The lowest BCUT2D eigenvalue weighted by Gasteiger charge is -2.15. The van der Waals surface area contributed by atoms with Gasteiger partial charge in [0.2, 0.25) is 5.95 Å². The van der Waals surface area contributed by atoms with E-state index in [-0.39, 0.29) is 0 Å². The van der Waals surface area contributed by atoms with E-state index in [1.165, 1.54) is 10.8 Å². The Labute approximate surface area is 326 Å². The molecule has 4 aromatic heterocycles. The van der Waals surface area contributed by atoms with E-state index in [2.05, 4.69) is 191 Å². The fourth-order valence-electron chi connectivity index (χ4n) is 8.67. The van der Waals surface area contributed by atoms with Crippen LogP contribution >= 0.6 is 0 Å². The predicted molar refractivity (Wildman–Crippen MR) is 232 cm³/mol. The molecule has 0 bridgehead atoms. The minimum Gasteiger partial charge on any atom is -0.455 e. The van der Waals surface area contributed by atoms with E-state index in [0.717, 1.165) is 82.7 Å². The van der Waals surface area contributed by atoms with Gasteiger partial charge in [-0.3, -0.25) is 4.57 Å². The molecule has 8 aromatic carbocycles. The van der Waals surface area contributed by atoms with Crippen molar-refractivity contribution < 1.29 is 4.42 Å². The smallest absolute Gasteiger partial charge is 0.238 e. The van der Waals surface area contributed by atoms with Crippen molar-refractivity contribution in [3.8, 4) is 45.5 Å². The number of aromatic nitrogens is 5. The van der Waals surface area contributed by atoms with E-state index in [9.17, 15) is 0 Å². The molecule has 0 radical (unpaired) electrons. The van der Waals surface area contributed by atoms with Gasteiger partial charge in [-0.1, -0.05) is 140 Å². The van der Waals surface area contributed by atoms with Crippen LogP contribution in [-0.4, -0.2) is 24.1 Å². The van der Waals surface area contributed by atoms with E-state index in [1.54, 1.807) is 0 Å². The van der Waals surface area contributed by atoms with Crippen LogP contribution in [0.15, 0.2) is 192 Å². The fraction of sp³-hybridized carbons (Fsp3) is 0. The number of nitrogens with zero attached hydrogens (tertiary/aromatic N) is 5. The minimum absolute atomic E-state index is 0.542. The Kier molecular flexibility index (Phi) is 6.83. The summed E-state index contributed by atoms with van der Waals surface area (Å²) in [6, 6.07) is 65.4. The lowest BCUT2D eigenvalue weighted by atomic mass is 10.0.